The Labute approximate surface area is 134 Å². The first-order chi connectivity index (χ1) is 10.2. The highest BCUT2D eigenvalue weighted by molar-refractivity contribution is 6.32. The molecule has 0 unspecified atom stereocenters. The molecule has 2 rings (SSSR count). The first-order valence-corrected chi connectivity index (χ1v) is 7.13. The standard InChI is InChI=1S/C16H18ClN3O2/c1-16(2,3)20-15(21)10-6-12(9-19-8-10)22-14-5-4-11(18)7-13(14)17/h4-9H,18H2,1-3H3,(H,20,21). The Morgan fingerprint density at radius 2 is 2.00 bits per heavy atom. The number of anilines is 1. The quantitative estimate of drug-likeness (QED) is 0.847. The maximum Gasteiger partial charge on any atom is 0.253 e. The van der Waals surface area contributed by atoms with E-state index in [2.05, 4.69) is 10.3 Å². The first-order valence-electron chi connectivity index (χ1n) is 6.75. The van der Waals surface area contributed by atoms with Crippen LogP contribution in [0.5, 0.6) is 11.5 Å². The van der Waals surface area contributed by atoms with E-state index in [1.54, 1.807) is 24.3 Å². The molecule has 0 fully saturated rings. The van der Waals surface area contributed by atoms with E-state index in [4.69, 9.17) is 22.1 Å². The molecule has 1 amide bonds. The van der Waals surface area contributed by atoms with Gasteiger partial charge < -0.3 is 15.8 Å². The average Bonchev–Trinajstić information content (AvgIpc) is 2.40. The number of hydrogen-bond acceptors (Lipinski definition) is 4. The average molecular weight is 320 g/mol. The van der Waals surface area contributed by atoms with Gasteiger partial charge in [-0.25, -0.2) is 0 Å². The van der Waals surface area contributed by atoms with Crippen LogP contribution in [0, 0.1) is 0 Å². The van der Waals surface area contributed by atoms with Crippen LogP contribution in [-0.4, -0.2) is 16.4 Å². The molecule has 5 nitrogen and oxygen atoms in total. The molecule has 0 radical (unpaired) electrons. The van der Waals surface area contributed by atoms with Gasteiger partial charge in [0.25, 0.3) is 5.91 Å². The molecule has 0 spiro atoms. The molecule has 2 aromatic rings. The molecule has 0 aliphatic carbocycles. The number of carbonyl (C=O) groups is 1. The van der Waals surface area contributed by atoms with E-state index in [1.165, 1.54) is 12.4 Å². The lowest BCUT2D eigenvalue weighted by Gasteiger charge is -2.20. The Morgan fingerprint density at radius 3 is 2.64 bits per heavy atom. The summed E-state index contributed by atoms with van der Waals surface area (Å²) in [5.74, 6) is 0.660. The van der Waals surface area contributed by atoms with Gasteiger partial charge in [-0.3, -0.25) is 9.78 Å². The third kappa shape index (κ3) is 4.36. The van der Waals surface area contributed by atoms with Crippen molar-refractivity contribution < 1.29 is 9.53 Å². The smallest absolute Gasteiger partial charge is 0.253 e. The molecule has 116 valence electrons. The minimum absolute atomic E-state index is 0.214. The molecule has 0 atom stereocenters. The molecule has 0 saturated carbocycles. The monoisotopic (exact) mass is 319 g/mol. The number of benzene rings is 1. The molecule has 1 aromatic carbocycles. The Balaban J connectivity index is 2.20. The Bertz CT molecular complexity index is 696. The van der Waals surface area contributed by atoms with Crippen molar-refractivity contribution in [3.05, 3.63) is 47.2 Å². The molecule has 0 aliphatic heterocycles. The second-order valence-electron chi connectivity index (χ2n) is 5.91. The van der Waals surface area contributed by atoms with Crippen molar-refractivity contribution in [3.8, 4) is 11.5 Å². The van der Waals surface area contributed by atoms with Gasteiger partial charge in [0.1, 0.15) is 11.5 Å². The fraction of sp³-hybridized carbons (Fsp3) is 0.250. The minimum Gasteiger partial charge on any atom is -0.454 e. The summed E-state index contributed by atoms with van der Waals surface area (Å²) in [6.45, 7) is 5.73. The zero-order valence-corrected chi connectivity index (χ0v) is 13.4. The van der Waals surface area contributed by atoms with Crippen LogP contribution in [0.2, 0.25) is 5.02 Å². The molecule has 22 heavy (non-hydrogen) atoms. The van der Waals surface area contributed by atoms with Gasteiger partial charge in [-0.1, -0.05) is 11.6 Å². The number of pyridine rings is 1. The molecule has 1 aromatic heterocycles. The van der Waals surface area contributed by atoms with Crippen LogP contribution in [0.25, 0.3) is 0 Å². The largest absolute Gasteiger partial charge is 0.454 e. The summed E-state index contributed by atoms with van der Waals surface area (Å²) in [5.41, 5.74) is 6.28. The number of nitrogens with two attached hydrogens (primary N) is 1. The molecular formula is C16H18ClN3O2. The fourth-order valence-corrected chi connectivity index (χ4v) is 1.97. The van der Waals surface area contributed by atoms with Crippen molar-refractivity contribution in [2.75, 3.05) is 5.73 Å². The van der Waals surface area contributed by atoms with Crippen molar-refractivity contribution in [1.82, 2.24) is 10.3 Å². The van der Waals surface area contributed by atoms with Crippen LogP contribution < -0.4 is 15.8 Å². The lowest BCUT2D eigenvalue weighted by molar-refractivity contribution is 0.0919. The molecule has 3 N–H and O–H groups in total. The highest BCUT2D eigenvalue weighted by Crippen LogP contribution is 2.30. The van der Waals surface area contributed by atoms with E-state index >= 15 is 0 Å². The van der Waals surface area contributed by atoms with Gasteiger partial charge in [-0.05, 0) is 45.0 Å². The summed E-state index contributed by atoms with van der Waals surface area (Å²) in [7, 11) is 0. The lowest BCUT2D eigenvalue weighted by atomic mass is 10.1. The normalized spacial score (nSPS) is 11.1. The highest BCUT2D eigenvalue weighted by atomic mass is 35.5. The van der Waals surface area contributed by atoms with Gasteiger partial charge in [-0.15, -0.1) is 0 Å². The van der Waals surface area contributed by atoms with Crippen LogP contribution >= 0.6 is 11.6 Å². The summed E-state index contributed by atoms with van der Waals surface area (Å²) in [5, 5.41) is 3.26. The number of aromatic nitrogens is 1. The van der Waals surface area contributed by atoms with E-state index in [0.717, 1.165) is 0 Å². The third-order valence-corrected chi connectivity index (χ3v) is 2.94. The van der Waals surface area contributed by atoms with Gasteiger partial charge in [0.2, 0.25) is 0 Å². The number of nitrogens with one attached hydrogen (secondary N) is 1. The van der Waals surface area contributed by atoms with Crippen molar-refractivity contribution in [1.29, 1.82) is 0 Å². The van der Waals surface area contributed by atoms with Gasteiger partial charge >= 0.3 is 0 Å². The predicted molar refractivity (Wildman–Crippen MR) is 87.4 cm³/mol. The van der Waals surface area contributed by atoms with Gasteiger partial charge in [0, 0.05) is 17.4 Å². The fourth-order valence-electron chi connectivity index (χ4n) is 1.74. The zero-order valence-electron chi connectivity index (χ0n) is 12.7. The Hall–Kier alpha value is -2.27. The van der Waals surface area contributed by atoms with E-state index in [1.807, 2.05) is 20.8 Å². The summed E-state index contributed by atoms with van der Waals surface area (Å²) < 4.78 is 5.66. The molecule has 0 saturated heterocycles. The van der Waals surface area contributed by atoms with Crippen LogP contribution in [0.1, 0.15) is 31.1 Å². The van der Waals surface area contributed by atoms with Gasteiger partial charge in [0.05, 0.1) is 16.8 Å². The minimum atomic E-state index is -0.325. The summed E-state index contributed by atoms with van der Waals surface area (Å²) in [6, 6.07) is 6.56. The number of nitrogen functional groups attached to an aromatic ring is 1. The van der Waals surface area contributed by atoms with E-state index in [-0.39, 0.29) is 11.4 Å². The number of amides is 1. The van der Waals surface area contributed by atoms with Gasteiger partial charge in [0.15, 0.2) is 0 Å². The number of hydrogen-bond donors (Lipinski definition) is 2. The Kier molecular flexibility index (Phi) is 4.56. The van der Waals surface area contributed by atoms with Crippen LogP contribution in [0.4, 0.5) is 5.69 Å². The molecule has 0 aliphatic rings. The lowest BCUT2D eigenvalue weighted by Crippen LogP contribution is -2.40. The van der Waals surface area contributed by atoms with Crippen LogP contribution in [-0.2, 0) is 0 Å². The topological polar surface area (TPSA) is 77.2 Å². The van der Waals surface area contributed by atoms with Crippen molar-refractivity contribution >= 4 is 23.2 Å². The number of carbonyl (C=O) groups excluding carboxylic acids is 1. The van der Waals surface area contributed by atoms with Crippen LogP contribution in [0.15, 0.2) is 36.7 Å². The summed E-state index contributed by atoms with van der Waals surface area (Å²) in [6.07, 6.45) is 3.00. The number of rotatable bonds is 3. The maximum atomic E-state index is 12.1. The molecule has 6 heteroatoms. The Morgan fingerprint density at radius 1 is 1.27 bits per heavy atom. The first kappa shape index (κ1) is 16.1. The predicted octanol–water partition coefficient (Wildman–Crippen LogP) is 3.64. The van der Waals surface area contributed by atoms with E-state index < -0.39 is 0 Å². The number of nitrogens with zero attached hydrogens (tertiary/aromatic N) is 1. The molecule has 0 bridgehead atoms. The summed E-state index contributed by atoms with van der Waals surface area (Å²) in [4.78, 5) is 16.2. The second kappa shape index (κ2) is 6.23. The molecule has 1 heterocycles. The van der Waals surface area contributed by atoms with E-state index in [9.17, 15) is 4.79 Å². The maximum absolute atomic E-state index is 12.1. The van der Waals surface area contributed by atoms with Crippen molar-refractivity contribution in [2.24, 2.45) is 0 Å². The summed E-state index contributed by atoms with van der Waals surface area (Å²) >= 11 is 6.06. The molecular weight excluding hydrogens is 302 g/mol. The van der Waals surface area contributed by atoms with E-state index in [0.29, 0.717) is 27.8 Å². The van der Waals surface area contributed by atoms with Gasteiger partial charge in [-0.2, -0.15) is 0 Å². The number of halogens is 1. The van der Waals surface area contributed by atoms with Crippen molar-refractivity contribution in [2.45, 2.75) is 26.3 Å². The SMILES string of the molecule is CC(C)(C)NC(=O)c1cncc(Oc2ccc(N)cc2Cl)c1. The van der Waals surface area contributed by atoms with Crippen LogP contribution in [0.3, 0.4) is 0 Å². The second-order valence-corrected chi connectivity index (χ2v) is 6.31. The highest BCUT2D eigenvalue weighted by Gasteiger charge is 2.16. The number of ether oxygens (including phenoxy) is 1. The third-order valence-electron chi connectivity index (χ3n) is 2.65. The van der Waals surface area contributed by atoms with Crippen molar-refractivity contribution in [3.63, 3.8) is 0 Å². The zero-order chi connectivity index (χ0) is 16.3.